The number of hydrogen-bond donors (Lipinski definition) is 1. The summed E-state index contributed by atoms with van der Waals surface area (Å²) in [5.41, 5.74) is 0. The molecule has 0 amide bonds. The van der Waals surface area contributed by atoms with Gasteiger partial charge >= 0.3 is 0 Å². The number of rotatable bonds is 0. The highest BCUT2D eigenvalue weighted by molar-refractivity contribution is 7.66. The van der Waals surface area contributed by atoms with Crippen LogP contribution >= 0.6 is 0 Å². The van der Waals surface area contributed by atoms with Crippen LogP contribution < -0.4 is 5.32 Å². The van der Waals surface area contributed by atoms with Crippen LogP contribution in [0.25, 0.3) is 0 Å². The van der Waals surface area contributed by atoms with Gasteiger partial charge in [-0.05, 0) is 0 Å². The molecule has 0 aromatic rings. The van der Waals surface area contributed by atoms with E-state index >= 15 is 0 Å². The van der Waals surface area contributed by atoms with Gasteiger partial charge in [-0.15, -0.1) is 0 Å². The Bertz CT molecular complexity index is 110. The summed E-state index contributed by atoms with van der Waals surface area (Å²) in [5, 5.41) is 3.15. The molecule has 7 heavy (non-hydrogen) atoms. The number of nitrogens with one attached hydrogen (secondary N) is 1. The molecule has 1 aliphatic heterocycles. The molecule has 0 aliphatic carbocycles. The Morgan fingerprint density at radius 1 is 1.86 bits per heavy atom. The van der Waals surface area contributed by atoms with Crippen molar-refractivity contribution < 1.29 is 8.95 Å². The fraction of sp³-hybridized carbons (Fsp3) is 0.667. The smallest absolute Gasteiger partial charge is 0.216 e. The van der Waals surface area contributed by atoms with Gasteiger partial charge in [-0.2, -0.15) is 0 Å². The van der Waals surface area contributed by atoms with E-state index in [1.807, 2.05) is 0 Å². The first-order valence-electron chi connectivity index (χ1n) is 1.97. The van der Waals surface area contributed by atoms with Gasteiger partial charge in [0.05, 0.1) is 6.61 Å². The minimum Gasteiger partial charge on any atom is -0.323 e. The molecule has 0 bridgehead atoms. The first kappa shape index (κ1) is 4.96. The maximum Gasteiger partial charge on any atom is 0.216 e. The molecule has 0 aromatic carbocycles. The molecule has 1 heterocycles. The molecule has 0 spiro atoms. The van der Waals surface area contributed by atoms with E-state index in [0.29, 0.717) is 23.0 Å². The monoisotopic (exact) mass is 119 g/mol. The van der Waals surface area contributed by atoms with Gasteiger partial charge in [-0.25, -0.2) is 4.21 Å². The summed E-state index contributed by atoms with van der Waals surface area (Å²) >= 11 is 0.366. The molecule has 4 heteroatoms. The van der Waals surface area contributed by atoms with Crippen molar-refractivity contribution in [2.75, 3.05) is 13.2 Å². The maximum absolute atomic E-state index is 9.82. The summed E-state index contributed by atoms with van der Waals surface area (Å²) < 4.78 is 14.6. The van der Waals surface area contributed by atoms with Gasteiger partial charge in [-0.3, -0.25) is 5.32 Å². The third-order valence-electron chi connectivity index (χ3n) is 0.680. The van der Waals surface area contributed by atoms with E-state index in [-0.39, 0.29) is 0 Å². The lowest BCUT2D eigenvalue weighted by Gasteiger charge is -1.81. The lowest BCUT2D eigenvalue weighted by molar-refractivity contribution is 0.360. The molecular weight excluding hydrogens is 114 g/mol. The molecule has 0 aromatic heterocycles. The van der Waals surface area contributed by atoms with Crippen LogP contribution in [0.4, 0.5) is 0 Å². The van der Waals surface area contributed by atoms with E-state index in [1.165, 1.54) is 0 Å². The zero-order valence-electron chi connectivity index (χ0n) is 3.64. The zero-order chi connectivity index (χ0) is 5.11. The van der Waals surface area contributed by atoms with Crippen LogP contribution in [0.5, 0.6) is 0 Å². The van der Waals surface area contributed by atoms with Gasteiger partial charge in [0.15, 0.2) is 0 Å². The van der Waals surface area contributed by atoms with E-state index in [0.717, 1.165) is 6.54 Å². The van der Waals surface area contributed by atoms with Crippen molar-refractivity contribution in [3.05, 3.63) is 0 Å². The second kappa shape index (κ2) is 2.20. The normalized spacial score (nSPS) is 20.3. The van der Waals surface area contributed by atoms with Crippen molar-refractivity contribution in [1.82, 2.24) is 5.32 Å². The van der Waals surface area contributed by atoms with E-state index in [9.17, 15) is 4.21 Å². The standard InChI is InChI=1S/C3H5NO2S/c5-7-3-4-1-2-6-3/h4H,1-2H2. The Hall–Kier alpha value is -0.190. The number of hydrogen-bond acceptors (Lipinski definition) is 2. The molecule has 3 nitrogen and oxygen atoms in total. The summed E-state index contributed by atoms with van der Waals surface area (Å²) in [6, 6.07) is 0. The Kier molecular flexibility index (Phi) is 1.56. The number of ether oxygens (including phenoxy) is 1. The first-order valence-corrected chi connectivity index (χ1v) is 2.71. The topological polar surface area (TPSA) is 38.3 Å². The highest BCUT2D eigenvalue weighted by atomic mass is 32.1. The third kappa shape index (κ3) is 1.09. The fourth-order valence-electron chi connectivity index (χ4n) is 0.401. The van der Waals surface area contributed by atoms with Crippen LogP contribution in [-0.4, -0.2) is 22.5 Å². The highest BCUT2D eigenvalue weighted by Crippen LogP contribution is 1.80. The lowest BCUT2D eigenvalue weighted by atomic mass is 10.7. The predicted octanol–water partition coefficient (Wildman–Crippen LogP) is -1.09. The van der Waals surface area contributed by atoms with Crippen molar-refractivity contribution in [1.29, 1.82) is 0 Å². The van der Waals surface area contributed by atoms with Crippen molar-refractivity contribution >= 4 is 16.4 Å². The molecule has 1 rings (SSSR count). The van der Waals surface area contributed by atoms with Gasteiger partial charge in [0, 0.05) is 6.54 Å². The SMILES string of the molecule is O=S=C1NCCO1. The van der Waals surface area contributed by atoms with Gasteiger partial charge < -0.3 is 4.74 Å². The van der Waals surface area contributed by atoms with Gasteiger partial charge in [0.2, 0.25) is 5.17 Å². The second-order valence-electron chi connectivity index (χ2n) is 1.15. The summed E-state index contributed by atoms with van der Waals surface area (Å²) in [6.45, 7) is 1.40. The average molecular weight is 119 g/mol. The van der Waals surface area contributed by atoms with Crippen molar-refractivity contribution in [2.45, 2.75) is 0 Å². The van der Waals surface area contributed by atoms with Crippen molar-refractivity contribution in [3.63, 3.8) is 0 Å². The van der Waals surface area contributed by atoms with Gasteiger partial charge in [0.1, 0.15) is 11.3 Å². The highest BCUT2D eigenvalue weighted by Gasteiger charge is 2.04. The predicted molar refractivity (Wildman–Crippen MR) is 27.1 cm³/mol. The molecule has 0 unspecified atom stereocenters. The van der Waals surface area contributed by atoms with Crippen LogP contribution in [0.1, 0.15) is 0 Å². The van der Waals surface area contributed by atoms with Crippen LogP contribution in [0.15, 0.2) is 0 Å². The molecule has 1 saturated heterocycles. The molecule has 0 atom stereocenters. The largest absolute Gasteiger partial charge is 0.323 e. The molecule has 1 fully saturated rings. The Balaban J connectivity index is 2.57. The van der Waals surface area contributed by atoms with E-state index in [4.69, 9.17) is 4.74 Å². The van der Waals surface area contributed by atoms with Gasteiger partial charge in [0.25, 0.3) is 0 Å². The fourth-order valence-corrected chi connectivity index (χ4v) is 0.694. The molecule has 1 N–H and O–H groups in total. The van der Waals surface area contributed by atoms with E-state index in [1.54, 1.807) is 0 Å². The van der Waals surface area contributed by atoms with Crippen molar-refractivity contribution in [2.24, 2.45) is 0 Å². The van der Waals surface area contributed by atoms with Crippen LogP contribution in [0.3, 0.4) is 0 Å². The van der Waals surface area contributed by atoms with E-state index in [2.05, 4.69) is 5.32 Å². The molecule has 0 saturated carbocycles. The zero-order valence-corrected chi connectivity index (χ0v) is 4.46. The molecule has 1 aliphatic rings. The second-order valence-corrected chi connectivity index (χ2v) is 1.68. The van der Waals surface area contributed by atoms with Crippen LogP contribution in [0.2, 0.25) is 0 Å². The van der Waals surface area contributed by atoms with Crippen molar-refractivity contribution in [3.8, 4) is 0 Å². The summed E-state index contributed by atoms with van der Waals surface area (Å²) in [6.07, 6.45) is 0. The molecule has 40 valence electrons. The van der Waals surface area contributed by atoms with Crippen LogP contribution in [0, 0.1) is 0 Å². The van der Waals surface area contributed by atoms with E-state index < -0.39 is 0 Å². The quantitative estimate of drug-likeness (QED) is 0.412. The lowest BCUT2D eigenvalue weighted by Crippen LogP contribution is -2.14. The Labute approximate surface area is 44.7 Å². The molecular formula is C3H5NO2S. The Morgan fingerprint density at radius 3 is 3.00 bits per heavy atom. The van der Waals surface area contributed by atoms with Gasteiger partial charge in [-0.1, -0.05) is 0 Å². The third-order valence-corrected chi connectivity index (χ3v) is 1.09. The minimum absolute atomic E-state index is 0.366. The minimum atomic E-state index is 0.366. The Morgan fingerprint density at radius 2 is 2.71 bits per heavy atom. The summed E-state index contributed by atoms with van der Waals surface area (Å²) in [4.78, 5) is 0. The summed E-state index contributed by atoms with van der Waals surface area (Å²) in [7, 11) is 0. The maximum atomic E-state index is 9.82. The summed E-state index contributed by atoms with van der Waals surface area (Å²) in [5.74, 6) is 0. The molecule has 0 radical (unpaired) electrons. The first-order chi connectivity index (χ1) is 3.43. The average Bonchev–Trinajstić information content (AvgIpc) is 2.14. The van der Waals surface area contributed by atoms with Crippen LogP contribution in [-0.2, 0) is 16.0 Å².